The molecule has 10 nitrogen and oxygen atoms in total. The highest BCUT2D eigenvalue weighted by atomic mass is 16.4. The molecule has 1 aliphatic heterocycles. The maximum atomic E-state index is 12.3. The molecule has 10 heteroatoms. The quantitative estimate of drug-likeness (QED) is 0.628. The highest BCUT2D eigenvalue weighted by molar-refractivity contribution is 6.06. The molecule has 1 unspecified atom stereocenters. The van der Waals surface area contributed by atoms with Gasteiger partial charge in [0.25, 0.3) is 5.91 Å². The first-order valence-electron chi connectivity index (χ1n) is 6.19. The Morgan fingerprint density at radius 3 is 2.81 bits per heavy atom. The van der Waals surface area contributed by atoms with Gasteiger partial charge >= 0.3 is 5.97 Å². The van der Waals surface area contributed by atoms with Crippen molar-refractivity contribution in [2.24, 2.45) is 0 Å². The van der Waals surface area contributed by atoms with Crippen LogP contribution in [0.2, 0.25) is 0 Å². The Morgan fingerprint density at radius 2 is 2.19 bits per heavy atom. The molecule has 1 saturated heterocycles. The summed E-state index contributed by atoms with van der Waals surface area (Å²) < 4.78 is 0.988. The SMILES string of the molecule is CCC1C(=O)NC(=O)CN1C(=O)c1cn(CC(=O)O)nn1. The van der Waals surface area contributed by atoms with E-state index in [2.05, 4.69) is 15.6 Å². The number of carboxylic acid groups (broad SMARTS) is 1. The lowest BCUT2D eigenvalue weighted by molar-refractivity contribution is -0.139. The van der Waals surface area contributed by atoms with E-state index >= 15 is 0 Å². The van der Waals surface area contributed by atoms with Crippen LogP contribution in [0, 0.1) is 0 Å². The molecular weight excluding hydrogens is 282 g/mol. The van der Waals surface area contributed by atoms with E-state index in [0.717, 1.165) is 9.58 Å². The van der Waals surface area contributed by atoms with Crippen molar-refractivity contribution in [1.82, 2.24) is 25.2 Å². The Kier molecular flexibility index (Phi) is 3.96. The van der Waals surface area contributed by atoms with Gasteiger partial charge < -0.3 is 10.0 Å². The van der Waals surface area contributed by atoms with E-state index < -0.39 is 36.3 Å². The summed E-state index contributed by atoms with van der Waals surface area (Å²) in [6.45, 7) is 1.02. The van der Waals surface area contributed by atoms with Crippen LogP contribution in [-0.4, -0.2) is 61.3 Å². The van der Waals surface area contributed by atoms with E-state index in [9.17, 15) is 19.2 Å². The molecule has 1 aromatic rings. The average Bonchev–Trinajstić information content (AvgIpc) is 2.84. The fourth-order valence-corrected chi connectivity index (χ4v) is 2.05. The number of carbonyl (C=O) groups is 4. The summed E-state index contributed by atoms with van der Waals surface area (Å²) in [6, 6.07) is -0.764. The van der Waals surface area contributed by atoms with Crippen molar-refractivity contribution >= 4 is 23.7 Å². The minimum absolute atomic E-state index is 0.114. The van der Waals surface area contributed by atoms with Crippen LogP contribution in [0.3, 0.4) is 0 Å². The number of aromatic nitrogens is 3. The largest absolute Gasteiger partial charge is 0.480 e. The molecule has 2 heterocycles. The van der Waals surface area contributed by atoms with E-state index in [1.807, 2.05) is 0 Å². The van der Waals surface area contributed by atoms with Crippen molar-refractivity contribution in [3.63, 3.8) is 0 Å². The molecule has 1 atom stereocenters. The molecule has 0 aromatic carbocycles. The summed E-state index contributed by atoms with van der Waals surface area (Å²) in [5.41, 5.74) is -0.114. The van der Waals surface area contributed by atoms with Gasteiger partial charge in [0, 0.05) is 0 Å². The zero-order chi connectivity index (χ0) is 15.6. The molecule has 0 radical (unpaired) electrons. The summed E-state index contributed by atoms with van der Waals surface area (Å²) >= 11 is 0. The monoisotopic (exact) mass is 295 g/mol. The van der Waals surface area contributed by atoms with Crippen LogP contribution in [0.4, 0.5) is 0 Å². The van der Waals surface area contributed by atoms with Crippen LogP contribution >= 0.6 is 0 Å². The van der Waals surface area contributed by atoms with E-state index in [1.165, 1.54) is 6.20 Å². The van der Waals surface area contributed by atoms with Gasteiger partial charge in [-0.3, -0.25) is 24.5 Å². The molecule has 1 aromatic heterocycles. The van der Waals surface area contributed by atoms with Crippen molar-refractivity contribution in [2.45, 2.75) is 25.9 Å². The highest BCUT2D eigenvalue weighted by Crippen LogP contribution is 2.12. The number of amides is 3. The van der Waals surface area contributed by atoms with Crippen LogP contribution in [0.15, 0.2) is 6.20 Å². The number of nitrogens with zero attached hydrogens (tertiary/aromatic N) is 4. The molecule has 0 aliphatic carbocycles. The van der Waals surface area contributed by atoms with Crippen LogP contribution in [0.5, 0.6) is 0 Å². The fourth-order valence-electron chi connectivity index (χ4n) is 2.05. The Hall–Kier alpha value is -2.78. The first kappa shape index (κ1) is 14.6. The molecule has 3 amide bonds. The van der Waals surface area contributed by atoms with Crippen LogP contribution in [0.25, 0.3) is 0 Å². The van der Waals surface area contributed by atoms with Crippen LogP contribution < -0.4 is 5.32 Å². The van der Waals surface area contributed by atoms with Crippen molar-refractivity contribution in [3.8, 4) is 0 Å². The van der Waals surface area contributed by atoms with Crippen molar-refractivity contribution < 1.29 is 24.3 Å². The van der Waals surface area contributed by atoms with Gasteiger partial charge in [-0.25, -0.2) is 4.68 Å². The molecule has 1 aliphatic rings. The molecule has 2 rings (SSSR count). The summed E-state index contributed by atoms with van der Waals surface area (Å²) in [4.78, 5) is 47.0. The predicted octanol–water partition coefficient (Wildman–Crippen LogP) is -1.76. The zero-order valence-corrected chi connectivity index (χ0v) is 11.1. The smallest absolute Gasteiger partial charge is 0.325 e. The van der Waals surface area contributed by atoms with Gasteiger partial charge in [0.05, 0.1) is 6.20 Å². The third-order valence-corrected chi connectivity index (χ3v) is 2.96. The standard InChI is InChI=1S/C11H13N5O5/c1-2-7-10(20)12-8(17)4-16(7)11(21)6-3-15(14-13-6)5-9(18)19/h3,7H,2,4-5H2,1H3,(H,18,19)(H,12,17,20). The number of aliphatic carboxylic acids is 1. The number of rotatable bonds is 4. The first-order valence-corrected chi connectivity index (χ1v) is 6.19. The number of hydrogen-bond donors (Lipinski definition) is 2. The molecule has 0 saturated carbocycles. The topological polar surface area (TPSA) is 134 Å². The lowest BCUT2D eigenvalue weighted by Gasteiger charge is -2.32. The van der Waals surface area contributed by atoms with E-state index in [1.54, 1.807) is 6.92 Å². The van der Waals surface area contributed by atoms with Gasteiger partial charge in [-0.2, -0.15) is 0 Å². The Balaban J connectivity index is 2.20. The van der Waals surface area contributed by atoms with Gasteiger partial charge in [-0.05, 0) is 6.42 Å². The predicted molar refractivity (Wildman–Crippen MR) is 65.9 cm³/mol. The number of hydrogen-bond acceptors (Lipinski definition) is 6. The Labute approximate surface area is 118 Å². The van der Waals surface area contributed by atoms with Crippen molar-refractivity contribution in [1.29, 1.82) is 0 Å². The third kappa shape index (κ3) is 3.04. The fraction of sp³-hybridized carbons (Fsp3) is 0.455. The lowest BCUT2D eigenvalue weighted by Crippen LogP contribution is -2.59. The summed E-state index contributed by atoms with van der Waals surface area (Å²) in [5.74, 6) is -2.88. The summed E-state index contributed by atoms with van der Waals surface area (Å²) in [7, 11) is 0. The second kappa shape index (κ2) is 5.69. The number of piperazine rings is 1. The number of carbonyl (C=O) groups excluding carboxylic acids is 3. The number of carboxylic acids is 1. The van der Waals surface area contributed by atoms with Crippen molar-refractivity contribution in [3.05, 3.63) is 11.9 Å². The van der Waals surface area contributed by atoms with E-state index in [4.69, 9.17) is 5.11 Å². The number of imide groups is 1. The van der Waals surface area contributed by atoms with Gasteiger partial charge in [0.1, 0.15) is 19.1 Å². The van der Waals surface area contributed by atoms with Gasteiger partial charge in [0.15, 0.2) is 5.69 Å². The van der Waals surface area contributed by atoms with E-state index in [-0.39, 0.29) is 12.2 Å². The molecule has 0 bridgehead atoms. The van der Waals surface area contributed by atoms with Gasteiger partial charge in [-0.1, -0.05) is 12.1 Å². The highest BCUT2D eigenvalue weighted by Gasteiger charge is 2.36. The normalized spacial score (nSPS) is 18.5. The van der Waals surface area contributed by atoms with Crippen LogP contribution in [0.1, 0.15) is 23.8 Å². The first-order chi connectivity index (χ1) is 9.92. The zero-order valence-electron chi connectivity index (χ0n) is 11.1. The number of nitrogens with one attached hydrogen (secondary N) is 1. The van der Waals surface area contributed by atoms with Gasteiger partial charge in [0.2, 0.25) is 11.8 Å². The average molecular weight is 295 g/mol. The maximum Gasteiger partial charge on any atom is 0.325 e. The molecular formula is C11H13N5O5. The van der Waals surface area contributed by atoms with Gasteiger partial charge in [-0.15, -0.1) is 5.10 Å². The second-order valence-corrected chi connectivity index (χ2v) is 4.46. The Morgan fingerprint density at radius 1 is 1.48 bits per heavy atom. The summed E-state index contributed by atoms with van der Waals surface area (Å²) in [5, 5.41) is 17.9. The Bertz CT molecular complexity index is 610. The molecule has 112 valence electrons. The minimum atomic E-state index is -1.13. The van der Waals surface area contributed by atoms with E-state index in [0.29, 0.717) is 6.42 Å². The van der Waals surface area contributed by atoms with Crippen molar-refractivity contribution in [2.75, 3.05) is 6.54 Å². The van der Waals surface area contributed by atoms with Crippen LogP contribution in [-0.2, 0) is 20.9 Å². The third-order valence-electron chi connectivity index (χ3n) is 2.96. The lowest BCUT2D eigenvalue weighted by atomic mass is 10.1. The molecule has 1 fully saturated rings. The second-order valence-electron chi connectivity index (χ2n) is 4.46. The molecule has 21 heavy (non-hydrogen) atoms. The summed E-state index contributed by atoms with van der Waals surface area (Å²) in [6.07, 6.45) is 1.51. The molecule has 2 N–H and O–H groups in total. The maximum absolute atomic E-state index is 12.3. The molecule has 0 spiro atoms. The minimum Gasteiger partial charge on any atom is -0.480 e.